The fraction of sp³-hybridized carbons (Fsp3) is 0.625. The van der Waals surface area contributed by atoms with Crippen molar-refractivity contribution in [2.45, 2.75) is 17.1 Å². The van der Waals surface area contributed by atoms with E-state index in [1.807, 2.05) is 0 Å². The monoisotopic (exact) mass is 542 g/mol. The number of sulfonamides is 2. The van der Waals surface area contributed by atoms with Crippen molar-refractivity contribution in [3.05, 3.63) is 15.9 Å². The Morgan fingerprint density at radius 1 is 1.00 bits per heavy atom. The molecule has 10 nitrogen and oxygen atoms in total. The van der Waals surface area contributed by atoms with Crippen LogP contribution in [0.4, 0.5) is 0 Å². The van der Waals surface area contributed by atoms with Gasteiger partial charge < -0.3 is 9.80 Å². The number of hydrogen-bond acceptors (Lipinski definition) is 7. The van der Waals surface area contributed by atoms with Gasteiger partial charge in [-0.2, -0.15) is 4.31 Å². The largest absolute Gasteiger partial charge is 0.340 e. The highest BCUT2D eigenvalue weighted by atomic mass is 79.9. The van der Waals surface area contributed by atoms with Crippen LogP contribution in [0.1, 0.15) is 12.8 Å². The van der Waals surface area contributed by atoms with E-state index in [1.165, 1.54) is 9.21 Å². The Morgan fingerprint density at radius 3 is 2.17 bits per heavy atom. The number of amides is 2. The first kappa shape index (κ1) is 23.6. The van der Waals surface area contributed by atoms with Crippen LogP contribution in [-0.4, -0.2) is 94.3 Å². The van der Waals surface area contributed by atoms with Crippen LogP contribution in [-0.2, 0) is 29.6 Å². The number of rotatable bonds is 5. The zero-order valence-corrected chi connectivity index (χ0v) is 20.2. The van der Waals surface area contributed by atoms with Gasteiger partial charge in [0, 0.05) is 58.7 Å². The minimum Gasteiger partial charge on any atom is -0.340 e. The molecule has 0 radical (unpaired) electrons. The predicted molar refractivity (Wildman–Crippen MR) is 115 cm³/mol. The number of nitrogens with zero attached hydrogens (tertiary/aromatic N) is 3. The number of nitrogens with one attached hydrogen (secondary N) is 1. The second-order valence-electron chi connectivity index (χ2n) is 6.94. The number of carbonyl (C=O) groups is 2. The first-order valence-electron chi connectivity index (χ1n) is 9.37. The van der Waals surface area contributed by atoms with Crippen LogP contribution < -0.4 is 4.72 Å². The van der Waals surface area contributed by atoms with Crippen molar-refractivity contribution >= 4 is 59.1 Å². The molecule has 2 aliphatic heterocycles. The molecule has 30 heavy (non-hydrogen) atoms. The molecule has 2 aliphatic rings. The zero-order valence-electron chi connectivity index (χ0n) is 16.1. The molecule has 3 rings (SSSR count). The molecule has 14 heteroatoms. The van der Waals surface area contributed by atoms with E-state index in [0.29, 0.717) is 0 Å². The molecule has 2 saturated heterocycles. The molecule has 3 heterocycles. The summed E-state index contributed by atoms with van der Waals surface area (Å²) in [6.45, 7) is 1.49. The van der Waals surface area contributed by atoms with Gasteiger partial charge in [0.1, 0.15) is 4.21 Å². The van der Waals surface area contributed by atoms with Crippen molar-refractivity contribution in [2.75, 3.05) is 51.6 Å². The minimum atomic E-state index is -3.58. The van der Waals surface area contributed by atoms with Gasteiger partial charge in [-0.05, 0) is 28.1 Å². The van der Waals surface area contributed by atoms with Crippen molar-refractivity contribution in [3.63, 3.8) is 0 Å². The number of thiophene rings is 1. The number of halogens is 1. The van der Waals surface area contributed by atoms with Crippen molar-refractivity contribution in [1.82, 2.24) is 18.8 Å². The molecule has 0 atom stereocenters. The van der Waals surface area contributed by atoms with E-state index >= 15 is 0 Å². The van der Waals surface area contributed by atoms with Crippen LogP contribution in [0, 0.1) is 0 Å². The Bertz CT molecular complexity index is 1000. The highest BCUT2D eigenvalue weighted by molar-refractivity contribution is 9.11. The maximum Gasteiger partial charge on any atom is 0.252 e. The van der Waals surface area contributed by atoms with Gasteiger partial charge >= 0.3 is 0 Å². The molecule has 0 saturated carbocycles. The second kappa shape index (κ2) is 9.61. The zero-order chi connectivity index (χ0) is 21.9. The summed E-state index contributed by atoms with van der Waals surface area (Å²) in [6.07, 6.45) is 0.0146. The summed E-state index contributed by atoms with van der Waals surface area (Å²) >= 11 is 4.41. The lowest BCUT2D eigenvalue weighted by atomic mass is 10.2. The molecular formula is C16H23BrN4O6S3. The third-order valence-electron chi connectivity index (χ3n) is 4.97. The smallest absolute Gasteiger partial charge is 0.252 e. The number of piperazine rings is 1. The van der Waals surface area contributed by atoms with E-state index in [9.17, 15) is 26.4 Å². The number of hydrogen-bond donors (Lipinski definition) is 1. The summed E-state index contributed by atoms with van der Waals surface area (Å²) in [5.41, 5.74) is 0. The van der Waals surface area contributed by atoms with Crippen molar-refractivity contribution in [2.24, 2.45) is 0 Å². The van der Waals surface area contributed by atoms with Gasteiger partial charge in [0.2, 0.25) is 21.8 Å². The molecule has 0 unspecified atom stereocenters. The van der Waals surface area contributed by atoms with Crippen LogP contribution in [0.2, 0.25) is 0 Å². The SMILES string of the molecule is O=C(CCC(=O)N1CCNS(=O)(=O)CC1)N1CCN(S(=O)(=O)c2ccc(Br)s2)CC1. The summed E-state index contributed by atoms with van der Waals surface area (Å²) in [5.74, 6) is -0.615. The third kappa shape index (κ3) is 5.79. The molecule has 1 N–H and O–H groups in total. The van der Waals surface area contributed by atoms with Gasteiger partial charge in [0.25, 0.3) is 10.0 Å². The van der Waals surface area contributed by atoms with Gasteiger partial charge in [-0.3, -0.25) is 9.59 Å². The molecule has 0 aliphatic carbocycles. The Labute approximate surface area is 188 Å². The van der Waals surface area contributed by atoms with E-state index in [-0.39, 0.29) is 80.4 Å². The van der Waals surface area contributed by atoms with Crippen LogP contribution in [0.25, 0.3) is 0 Å². The predicted octanol–water partition coefficient (Wildman–Crippen LogP) is -0.115. The Hall–Kier alpha value is -1.06. The Kier molecular flexibility index (Phi) is 7.56. The van der Waals surface area contributed by atoms with Crippen molar-refractivity contribution in [3.8, 4) is 0 Å². The maximum atomic E-state index is 12.7. The van der Waals surface area contributed by atoms with Crippen LogP contribution in [0.5, 0.6) is 0 Å². The molecule has 0 spiro atoms. The molecule has 1 aromatic heterocycles. The first-order valence-corrected chi connectivity index (χ1v) is 14.1. The van der Waals surface area contributed by atoms with Gasteiger partial charge in [-0.25, -0.2) is 21.6 Å². The average Bonchev–Trinajstić information content (AvgIpc) is 3.07. The topological polar surface area (TPSA) is 124 Å². The fourth-order valence-electron chi connectivity index (χ4n) is 3.27. The summed E-state index contributed by atoms with van der Waals surface area (Å²) in [5, 5.41) is 0. The van der Waals surface area contributed by atoms with Crippen LogP contribution >= 0.6 is 27.3 Å². The molecule has 0 bridgehead atoms. The van der Waals surface area contributed by atoms with Crippen molar-refractivity contribution < 1.29 is 26.4 Å². The molecule has 0 aromatic carbocycles. The summed E-state index contributed by atoms with van der Waals surface area (Å²) in [4.78, 5) is 27.8. The van der Waals surface area contributed by atoms with Crippen LogP contribution in [0.3, 0.4) is 0 Å². The van der Waals surface area contributed by atoms with Gasteiger partial charge in [0.05, 0.1) is 9.54 Å². The standard InChI is InChI=1S/C16H23BrN4O6S3/c17-13-1-4-16(28-13)30(26,27)21-9-7-20(8-10-21)15(23)3-2-14(22)19-6-5-18-29(24,25)12-11-19/h1,4,18H,2-3,5-12H2. The lowest BCUT2D eigenvalue weighted by Crippen LogP contribution is -2.50. The summed E-state index contributed by atoms with van der Waals surface area (Å²) in [7, 11) is -6.92. The fourth-order valence-corrected chi connectivity index (χ4v) is 7.87. The summed E-state index contributed by atoms with van der Waals surface area (Å²) < 4.78 is 53.2. The average molecular weight is 543 g/mol. The summed E-state index contributed by atoms with van der Waals surface area (Å²) in [6, 6.07) is 3.24. The first-order chi connectivity index (χ1) is 14.1. The normalized spacial score (nSPS) is 20.7. The second-order valence-corrected chi connectivity index (χ2v) is 13.5. The van der Waals surface area contributed by atoms with Gasteiger partial charge in [-0.1, -0.05) is 0 Å². The minimum absolute atomic E-state index is 0.000611. The van der Waals surface area contributed by atoms with Crippen LogP contribution in [0.15, 0.2) is 20.1 Å². The van der Waals surface area contributed by atoms with E-state index in [2.05, 4.69) is 20.7 Å². The van der Waals surface area contributed by atoms with E-state index in [4.69, 9.17) is 0 Å². The van der Waals surface area contributed by atoms with Crippen molar-refractivity contribution in [1.29, 1.82) is 0 Å². The lowest BCUT2D eigenvalue weighted by Gasteiger charge is -2.33. The lowest BCUT2D eigenvalue weighted by molar-refractivity contribution is -0.137. The van der Waals surface area contributed by atoms with E-state index in [1.54, 1.807) is 17.0 Å². The number of carbonyl (C=O) groups excluding carboxylic acids is 2. The highest BCUT2D eigenvalue weighted by Crippen LogP contribution is 2.29. The molecule has 1 aromatic rings. The van der Waals surface area contributed by atoms with Gasteiger partial charge in [0.15, 0.2) is 0 Å². The van der Waals surface area contributed by atoms with E-state index in [0.717, 1.165) is 15.1 Å². The molecule has 168 valence electrons. The highest BCUT2D eigenvalue weighted by Gasteiger charge is 2.31. The Balaban J connectivity index is 1.47. The maximum absolute atomic E-state index is 12.7. The molecule has 2 fully saturated rings. The third-order valence-corrected chi connectivity index (χ3v) is 10.3. The Morgan fingerprint density at radius 2 is 1.60 bits per heavy atom. The molecular weight excluding hydrogens is 520 g/mol. The van der Waals surface area contributed by atoms with E-state index < -0.39 is 20.0 Å². The quantitative estimate of drug-likeness (QED) is 0.553. The molecule has 2 amide bonds. The van der Waals surface area contributed by atoms with Gasteiger partial charge in [-0.15, -0.1) is 11.3 Å².